The average molecular weight is 182 g/mol. The van der Waals surface area contributed by atoms with Gasteiger partial charge in [-0.1, -0.05) is 23.7 Å². The number of hydrogen-bond donors (Lipinski definition) is 0. The summed E-state index contributed by atoms with van der Waals surface area (Å²) < 4.78 is 5.01. The van der Waals surface area contributed by atoms with Crippen molar-refractivity contribution in [2.45, 2.75) is 13.3 Å². The Morgan fingerprint density at radius 1 is 1.50 bits per heavy atom. The molecule has 3 heteroatoms. The standard InChI is InChI=1S/C9H8ClNO/c1-2-6-4-9-7(3-8(6)10)5-11-12-9/h3-5H,2H2,1H3. The zero-order valence-electron chi connectivity index (χ0n) is 6.67. The molecule has 0 radical (unpaired) electrons. The molecule has 0 unspecified atom stereocenters. The molecule has 0 aliphatic heterocycles. The topological polar surface area (TPSA) is 26.0 Å². The van der Waals surface area contributed by atoms with Crippen LogP contribution in [0.4, 0.5) is 0 Å². The predicted octanol–water partition coefficient (Wildman–Crippen LogP) is 3.04. The van der Waals surface area contributed by atoms with Gasteiger partial charge in [-0.3, -0.25) is 0 Å². The molecule has 0 saturated heterocycles. The molecule has 0 spiro atoms. The Labute approximate surface area is 75.1 Å². The van der Waals surface area contributed by atoms with Gasteiger partial charge in [-0.25, -0.2) is 0 Å². The number of nitrogens with zero attached hydrogens (tertiary/aromatic N) is 1. The van der Waals surface area contributed by atoms with E-state index in [-0.39, 0.29) is 0 Å². The summed E-state index contributed by atoms with van der Waals surface area (Å²) in [5.74, 6) is 0. The summed E-state index contributed by atoms with van der Waals surface area (Å²) >= 11 is 5.99. The quantitative estimate of drug-likeness (QED) is 0.676. The third-order valence-electron chi connectivity index (χ3n) is 1.90. The van der Waals surface area contributed by atoms with Crippen molar-refractivity contribution in [3.8, 4) is 0 Å². The van der Waals surface area contributed by atoms with Crippen LogP contribution < -0.4 is 0 Å². The highest BCUT2D eigenvalue weighted by molar-refractivity contribution is 6.32. The van der Waals surface area contributed by atoms with Crippen molar-refractivity contribution in [1.29, 1.82) is 0 Å². The molecule has 62 valence electrons. The molecule has 0 aliphatic rings. The van der Waals surface area contributed by atoms with Gasteiger partial charge in [0.15, 0.2) is 5.58 Å². The van der Waals surface area contributed by atoms with Crippen molar-refractivity contribution in [2.24, 2.45) is 0 Å². The fourth-order valence-corrected chi connectivity index (χ4v) is 1.51. The second kappa shape index (κ2) is 2.79. The lowest BCUT2D eigenvalue weighted by atomic mass is 10.1. The Hall–Kier alpha value is -1.02. The highest BCUT2D eigenvalue weighted by Crippen LogP contribution is 2.23. The molecule has 0 atom stereocenters. The van der Waals surface area contributed by atoms with Crippen LogP contribution in [0.3, 0.4) is 0 Å². The first kappa shape index (κ1) is 7.62. The van der Waals surface area contributed by atoms with E-state index < -0.39 is 0 Å². The molecule has 0 N–H and O–H groups in total. The Kier molecular flexibility index (Phi) is 1.77. The molecule has 0 amide bonds. The largest absolute Gasteiger partial charge is 0.356 e. The normalized spacial score (nSPS) is 10.8. The number of aromatic nitrogens is 1. The maximum Gasteiger partial charge on any atom is 0.167 e. The Balaban J connectivity index is 2.73. The van der Waals surface area contributed by atoms with Gasteiger partial charge in [0.2, 0.25) is 0 Å². The smallest absolute Gasteiger partial charge is 0.167 e. The zero-order chi connectivity index (χ0) is 8.55. The van der Waals surface area contributed by atoms with Gasteiger partial charge in [0.1, 0.15) is 0 Å². The number of hydrogen-bond acceptors (Lipinski definition) is 2. The summed E-state index contributed by atoms with van der Waals surface area (Å²) in [4.78, 5) is 0. The third kappa shape index (κ3) is 1.08. The molecule has 2 rings (SSSR count). The van der Waals surface area contributed by atoms with Crippen molar-refractivity contribution in [2.75, 3.05) is 0 Å². The minimum atomic E-state index is 0.785. The Morgan fingerprint density at radius 3 is 3.08 bits per heavy atom. The first-order valence-corrected chi connectivity index (χ1v) is 4.22. The van der Waals surface area contributed by atoms with Crippen molar-refractivity contribution < 1.29 is 4.52 Å². The van der Waals surface area contributed by atoms with Crippen LogP contribution in [0.2, 0.25) is 5.02 Å². The highest BCUT2D eigenvalue weighted by Gasteiger charge is 2.03. The van der Waals surface area contributed by atoms with Gasteiger partial charge in [0.05, 0.1) is 6.20 Å². The van der Waals surface area contributed by atoms with Crippen LogP contribution in [-0.2, 0) is 6.42 Å². The monoisotopic (exact) mass is 181 g/mol. The molecule has 0 aliphatic carbocycles. The second-order valence-corrected chi connectivity index (χ2v) is 3.07. The fraction of sp³-hybridized carbons (Fsp3) is 0.222. The van der Waals surface area contributed by atoms with E-state index in [4.69, 9.17) is 16.1 Å². The molecule has 2 aromatic rings. The van der Waals surface area contributed by atoms with Crippen molar-refractivity contribution >= 4 is 22.6 Å². The van der Waals surface area contributed by atoms with Gasteiger partial charge < -0.3 is 4.52 Å². The molecule has 1 aromatic heterocycles. The Morgan fingerprint density at radius 2 is 2.33 bits per heavy atom. The number of fused-ring (bicyclic) bond motifs is 1. The van der Waals surface area contributed by atoms with E-state index in [9.17, 15) is 0 Å². The molecule has 1 aromatic carbocycles. The van der Waals surface area contributed by atoms with Crippen LogP contribution in [0.1, 0.15) is 12.5 Å². The molecular weight excluding hydrogens is 174 g/mol. The van der Waals surface area contributed by atoms with E-state index in [0.717, 1.165) is 28.0 Å². The lowest BCUT2D eigenvalue weighted by Crippen LogP contribution is -1.80. The minimum Gasteiger partial charge on any atom is -0.356 e. The van der Waals surface area contributed by atoms with Crippen LogP contribution in [0.25, 0.3) is 11.0 Å². The lowest BCUT2D eigenvalue weighted by Gasteiger charge is -1.98. The van der Waals surface area contributed by atoms with Gasteiger partial charge in [0, 0.05) is 10.4 Å². The van der Waals surface area contributed by atoms with Crippen LogP contribution >= 0.6 is 11.6 Å². The van der Waals surface area contributed by atoms with Gasteiger partial charge in [0.25, 0.3) is 0 Å². The van der Waals surface area contributed by atoms with Crippen LogP contribution in [0, 0.1) is 0 Å². The first-order valence-electron chi connectivity index (χ1n) is 3.84. The minimum absolute atomic E-state index is 0.785. The van der Waals surface area contributed by atoms with Gasteiger partial charge in [-0.15, -0.1) is 0 Å². The second-order valence-electron chi connectivity index (χ2n) is 2.66. The molecule has 0 fully saturated rings. The number of aryl methyl sites for hydroxylation is 1. The number of benzene rings is 1. The summed E-state index contributed by atoms with van der Waals surface area (Å²) in [6, 6.07) is 3.82. The van der Waals surface area contributed by atoms with Crippen LogP contribution in [0.5, 0.6) is 0 Å². The van der Waals surface area contributed by atoms with E-state index in [1.807, 2.05) is 12.1 Å². The molecule has 1 heterocycles. The predicted molar refractivity (Wildman–Crippen MR) is 48.4 cm³/mol. The molecule has 2 nitrogen and oxygen atoms in total. The average Bonchev–Trinajstić information content (AvgIpc) is 2.49. The summed E-state index contributed by atoms with van der Waals surface area (Å²) in [5, 5.41) is 5.43. The molecule has 0 saturated carbocycles. The van der Waals surface area contributed by atoms with E-state index in [2.05, 4.69) is 12.1 Å². The SMILES string of the molecule is CCc1cc2oncc2cc1Cl. The van der Waals surface area contributed by atoms with Crippen LogP contribution in [0.15, 0.2) is 22.9 Å². The molecule has 0 bridgehead atoms. The van der Waals surface area contributed by atoms with E-state index in [1.165, 1.54) is 0 Å². The van der Waals surface area contributed by atoms with E-state index in [1.54, 1.807) is 6.20 Å². The molecule has 12 heavy (non-hydrogen) atoms. The first-order chi connectivity index (χ1) is 5.81. The maximum absolute atomic E-state index is 5.99. The van der Waals surface area contributed by atoms with Crippen molar-refractivity contribution in [3.63, 3.8) is 0 Å². The van der Waals surface area contributed by atoms with Crippen molar-refractivity contribution in [3.05, 3.63) is 28.9 Å². The van der Waals surface area contributed by atoms with Crippen molar-refractivity contribution in [1.82, 2.24) is 5.16 Å². The van der Waals surface area contributed by atoms with Gasteiger partial charge in [-0.05, 0) is 24.1 Å². The summed E-state index contributed by atoms with van der Waals surface area (Å²) in [6.45, 7) is 2.06. The van der Waals surface area contributed by atoms with E-state index >= 15 is 0 Å². The third-order valence-corrected chi connectivity index (χ3v) is 2.25. The number of halogens is 1. The summed E-state index contributed by atoms with van der Waals surface area (Å²) in [5.41, 5.74) is 1.90. The highest BCUT2D eigenvalue weighted by atomic mass is 35.5. The summed E-state index contributed by atoms with van der Waals surface area (Å²) in [7, 11) is 0. The molecular formula is C9H8ClNO. The number of rotatable bonds is 1. The fourth-order valence-electron chi connectivity index (χ4n) is 1.20. The lowest BCUT2D eigenvalue weighted by molar-refractivity contribution is 0.456. The van der Waals surface area contributed by atoms with Gasteiger partial charge >= 0.3 is 0 Å². The Bertz CT molecular complexity index is 408. The zero-order valence-corrected chi connectivity index (χ0v) is 7.43. The van der Waals surface area contributed by atoms with Gasteiger partial charge in [-0.2, -0.15) is 0 Å². The van der Waals surface area contributed by atoms with Crippen LogP contribution in [-0.4, -0.2) is 5.16 Å². The summed E-state index contributed by atoms with van der Waals surface area (Å²) in [6.07, 6.45) is 2.58. The maximum atomic E-state index is 5.99. The van der Waals surface area contributed by atoms with E-state index in [0.29, 0.717) is 0 Å².